The number of hydrogen-bond acceptors (Lipinski definition) is 4. The molecule has 0 bridgehead atoms. The van der Waals surface area contributed by atoms with E-state index in [9.17, 15) is 0 Å². The van der Waals surface area contributed by atoms with Crippen molar-refractivity contribution in [1.82, 2.24) is 19.5 Å². The Morgan fingerprint density at radius 2 is 1.76 bits per heavy atom. The summed E-state index contributed by atoms with van der Waals surface area (Å²) in [6, 6.07) is 21.6. The van der Waals surface area contributed by atoms with Crippen LogP contribution in [0.15, 0.2) is 66.9 Å². The van der Waals surface area contributed by atoms with Gasteiger partial charge in [0.05, 0.1) is 5.69 Å². The highest BCUT2D eigenvalue weighted by Gasteiger charge is 2.30. The number of fused-ring (bicyclic) bond motifs is 1. The molecule has 2 fully saturated rings. The third-order valence-electron chi connectivity index (χ3n) is 8.26. The number of nitrogens with one attached hydrogen (secondary N) is 1. The maximum absolute atomic E-state index is 6.49. The number of benzene rings is 2. The van der Waals surface area contributed by atoms with E-state index in [2.05, 4.69) is 45.6 Å². The largest absolute Gasteiger partial charge is 0.370 e. The van der Waals surface area contributed by atoms with Crippen LogP contribution in [0.25, 0.3) is 16.9 Å². The standard InChI is InChI=1S/C30H33BClN5/c31-26-19-34-37-29(17-28(35-30(26)37)25-10-4-5-11-27(25)32)33-18-21-7-6-16-36(20-21)24-14-12-23(13-15-24)22-8-2-1-3-9-22/h1-5,8-11,17,19,21,23-24,33H,6-7,12-16,18,20H2. The summed E-state index contributed by atoms with van der Waals surface area (Å²) in [4.78, 5) is 7.53. The second-order valence-electron chi connectivity index (χ2n) is 10.6. The molecule has 1 aliphatic carbocycles. The number of rotatable bonds is 6. The maximum atomic E-state index is 6.49. The first kappa shape index (κ1) is 24.5. The van der Waals surface area contributed by atoms with Crippen LogP contribution >= 0.6 is 11.6 Å². The topological polar surface area (TPSA) is 45.5 Å². The number of likely N-dealkylation sites (tertiary alicyclic amines) is 1. The van der Waals surface area contributed by atoms with Gasteiger partial charge in [0.15, 0.2) is 5.65 Å². The minimum atomic E-state index is 0.562. The van der Waals surface area contributed by atoms with E-state index in [1.54, 1.807) is 10.7 Å². The third-order valence-corrected chi connectivity index (χ3v) is 8.58. The molecule has 1 aliphatic heterocycles. The lowest BCUT2D eigenvalue weighted by atomic mass is 9.80. The summed E-state index contributed by atoms with van der Waals surface area (Å²) in [6.07, 6.45) is 9.38. The molecule has 1 N–H and O–H groups in total. The Hall–Kier alpha value is -2.83. The predicted molar refractivity (Wildman–Crippen MR) is 153 cm³/mol. The average Bonchev–Trinajstić information content (AvgIpc) is 3.33. The van der Waals surface area contributed by atoms with Crippen LogP contribution in [0.3, 0.4) is 0 Å². The van der Waals surface area contributed by atoms with Gasteiger partial charge in [-0.25, -0.2) is 4.98 Å². The first-order chi connectivity index (χ1) is 18.2. The van der Waals surface area contributed by atoms with E-state index >= 15 is 0 Å². The molecule has 1 saturated carbocycles. The molecule has 0 spiro atoms. The van der Waals surface area contributed by atoms with Gasteiger partial charge < -0.3 is 10.2 Å². The van der Waals surface area contributed by atoms with Gasteiger partial charge in [0.1, 0.15) is 13.7 Å². The number of hydrogen-bond donors (Lipinski definition) is 1. The fourth-order valence-electron chi connectivity index (χ4n) is 6.26. The molecule has 5 nitrogen and oxygen atoms in total. The van der Waals surface area contributed by atoms with Crippen molar-refractivity contribution < 1.29 is 0 Å². The summed E-state index contributed by atoms with van der Waals surface area (Å²) in [6.45, 7) is 3.28. The van der Waals surface area contributed by atoms with Crippen LogP contribution in [-0.4, -0.2) is 53.0 Å². The van der Waals surface area contributed by atoms with E-state index in [1.807, 2.05) is 30.3 Å². The Kier molecular flexibility index (Phi) is 7.21. The molecule has 2 aliphatic rings. The van der Waals surface area contributed by atoms with Crippen molar-refractivity contribution in [2.75, 3.05) is 25.0 Å². The number of anilines is 1. The van der Waals surface area contributed by atoms with Crippen LogP contribution in [0.1, 0.15) is 50.0 Å². The van der Waals surface area contributed by atoms with E-state index < -0.39 is 0 Å². The molecule has 188 valence electrons. The van der Waals surface area contributed by atoms with Gasteiger partial charge in [-0.05, 0) is 74.0 Å². The van der Waals surface area contributed by atoms with Crippen LogP contribution in [-0.2, 0) is 0 Å². The van der Waals surface area contributed by atoms with Crippen LogP contribution < -0.4 is 10.8 Å². The summed E-state index contributed by atoms with van der Waals surface area (Å²) in [5.41, 5.74) is 4.42. The Morgan fingerprint density at radius 1 is 0.973 bits per heavy atom. The molecule has 7 heteroatoms. The van der Waals surface area contributed by atoms with Gasteiger partial charge >= 0.3 is 0 Å². The lowest BCUT2D eigenvalue weighted by Crippen LogP contribution is -2.45. The van der Waals surface area contributed by atoms with Crippen LogP contribution in [0.5, 0.6) is 0 Å². The van der Waals surface area contributed by atoms with Crippen molar-refractivity contribution in [3.63, 3.8) is 0 Å². The van der Waals surface area contributed by atoms with Crippen LogP contribution in [0, 0.1) is 5.92 Å². The Balaban J connectivity index is 1.12. The second kappa shape index (κ2) is 10.9. The van der Waals surface area contributed by atoms with Gasteiger partial charge in [-0.1, -0.05) is 60.1 Å². The molecule has 6 rings (SSSR count). The quantitative estimate of drug-likeness (QED) is 0.339. The fraction of sp³-hybridized carbons (Fsp3) is 0.400. The second-order valence-corrected chi connectivity index (χ2v) is 11.0. The zero-order valence-corrected chi connectivity index (χ0v) is 21.9. The van der Waals surface area contributed by atoms with Gasteiger partial charge in [0.2, 0.25) is 0 Å². The Morgan fingerprint density at radius 3 is 2.57 bits per heavy atom. The Labute approximate surface area is 225 Å². The van der Waals surface area contributed by atoms with Crippen LogP contribution in [0.4, 0.5) is 5.82 Å². The predicted octanol–water partition coefficient (Wildman–Crippen LogP) is 5.69. The molecule has 2 radical (unpaired) electrons. The minimum Gasteiger partial charge on any atom is -0.370 e. The first-order valence-corrected chi connectivity index (χ1v) is 14.0. The first-order valence-electron chi connectivity index (χ1n) is 13.6. The molecule has 3 heterocycles. The smallest absolute Gasteiger partial charge is 0.150 e. The summed E-state index contributed by atoms with van der Waals surface area (Å²) in [5.74, 6) is 2.22. The molecule has 0 amide bonds. The van der Waals surface area contributed by atoms with Crippen molar-refractivity contribution in [1.29, 1.82) is 0 Å². The van der Waals surface area contributed by atoms with E-state index in [-0.39, 0.29) is 0 Å². The number of aromatic nitrogens is 3. The van der Waals surface area contributed by atoms with E-state index in [4.69, 9.17) is 24.4 Å². The molecule has 1 unspecified atom stereocenters. The van der Waals surface area contributed by atoms with E-state index in [0.29, 0.717) is 28.1 Å². The summed E-state index contributed by atoms with van der Waals surface area (Å²) >= 11 is 6.49. The Bertz CT molecular complexity index is 1350. The third kappa shape index (κ3) is 5.28. The molecule has 2 aromatic heterocycles. The lowest BCUT2D eigenvalue weighted by Gasteiger charge is -2.41. The zero-order valence-electron chi connectivity index (χ0n) is 21.2. The van der Waals surface area contributed by atoms with Crippen LogP contribution in [0.2, 0.25) is 5.02 Å². The highest BCUT2D eigenvalue weighted by atomic mass is 35.5. The molecule has 1 atom stereocenters. The molecule has 1 saturated heterocycles. The zero-order chi connectivity index (χ0) is 25.2. The summed E-state index contributed by atoms with van der Waals surface area (Å²) < 4.78 is 1.81. The molecular formula is C30H33BClN5. The molecule has 4 aromatic rings. The highest BCUT2D eigenvalue weighted by molar-refractivity contribution is 6.36. The molecular weight excluding hydrogens is 477 g/mol. The average molecular weight is 510 g/mol. The minimum absolute atomic E-state index is 0.562. The van der Waals surface area contributed by atoms with Crippen molar-refractivity contribution in [3.05, 3.63) is 77.4 Å². The fourth-order valence-corrected chi connectivity index (χ4v) is 6.49. The van der Waals surface area contributed by atoms with Crippen molar-refractivity contribution in [3.8, 4) is 11.3 Å². The highest BCUT2D eigenvalue weighted by Crippen LogP contribution is 2.36. The summed E-state index contributed by atoms with van der Waals surface area (Å²) in [5, 5.41) is 8.84. The van der Waals surface area contributed by atoms with Gasteiger partial charge in [-0.2, -0.15) is 9.61 Å². The SMILES string of the molecule is [B]c1cnn2c(NCC3CCCN(C4CCC(c5ccccc5)CC4)C3)cc(-c3ccccc3Cl)nc12. The monoisotopic (exact) mass is 509 g/mol. The van der Waals surface area contributed by atoms with Gasteiger partial charge in [0.25, 0.3) is 0 Å². The molecule has 2 aromatic carbocycles. The normalized spacial score (nSPS) is 22.8. The van der Waals surface area contributed by atoms with E-state index in [1.165, 1.54) is 50.6 Å². The lowest BCUT2D eigenvalue weighted by molar-refractivity contribution is 0.0979. The number of halogens is 1. The summed E-state index contributed by atoms with van der Waals surface area (Å²) in [7, 11) is 6.20. The van der Waals surface area contributed by atoms with Crippen molar-refractivity contribution in [2.24, 2.45) is 5.92 Å². The van der Waals surface area contributed by atoms with Crippen molar-refractivity contribution >= 4 is 36.4 Å². The van der Waals surface area contributed by atoms with Crippen molar-refractivity contribution in [2.45, 2.75) is 50.5 Å². The number of nitrogens with zero attached hydrogens (tertiary/aromatic N) is 4. The number of piperidine rings is 1. The molecule has 37 heavy (non-hydrogen) atoms. The van der Waals surface area contributed by atoms with Gasteiger partial charge in [-0.3, -0.25) is 0 Å². The maximum Gasteiger partial charge on any atom is 0.150 e. The van der Waals surface area contributed by atoms with E-state index in [0.717, 1.165) is 36.1 Å². The van der Waals surface area contributed by atoms with Gasteiger partial charge in [0, 0.05) is 42.0 Å². The van der Waals surface area contributed by atoms with Gasteiger partial charge in [-0.15, -0.1) is 0 Å².